The second-order valence-corrected chi connectivity index (χ2v) is 2.72. The molecule has 0 fully saturated rings. The van der Waals surface area contributed by atoms with Crippen LogP contribution in [0.4, 0.5) is 0 Å². The van der Waals surface area contributed by atoms with Gasteiger partial charge in [0.1, 0.15) is 6.04 Å². The van der Waals surface area contributed by atoms with Crippen LogP contribution in [0.3, 0.4) is 0 Å². The van der Waals surface area contributed by atoms with Gasteiger partial charge in [-0.25, -0.2) is 4.79 Å². The van der Waals surface area contributed by atoms with E-state index in [2.05, 4.69) is 17.5 Å². The summed E-state index contributed by atoms with van der Waals surface area (Å²) < 4.78 is 4.77. The van der Waals surface area contributed by atoms with Gasteiger partial charge in [-0.1, -0.05) is 0 Å². The Hall–Kier alpha value is -1.37. The highest BCUT2D eigenvalue weighted by Crippen LogP contribution is 1.94. The van der Waals surface area contributed by atoms with Gasteiger partial charge in [-0.3, -0.25) is 4.79 Å². The molecular weight excluding hydrogens is 210 g/mol. The van der Waals surface area contributed by atoms with E-state index in [1.54, 1.807) is 6.92 Å². The first-order valence-corrected chi connectivity index (χ1v) is 4.26. The van der Waals surface area contributed by atoms with Gasteiger partial charge in [0.25, 0.3) is 5.17 Å². The Balaban J connectivity index is 4.16. The topological polar surface area (TPSA) is 95.9 Å². The number of hydrogen-bond donors (Lipinski definition) is 3. The zero-order valence-electron chi connectivity index (χ0n) is 7.52. The Morgan fingerprint density at radius 3 is 2.43 bits per heavy atom. The average molecular weight is 221 g/mol. The molecule has 14 heavy (non-hydrogen) atoms. The minimum Gasteiger partial charge on any atom is -0.481 e. The van der Waals surface area contributed by atoms with E-state index in [0.717, 1.165) is 0 Å². The molecule has 0 spiro atoms. The second kappa shape index (κ2) is 6.14. The number of hydrogen-bond acceptors (Lipinski definition) is 4. The first-order valence-electron chi connectivity index (χ1n) is 3.85. The highest BCUT2D eigenvalue weighted by Gasteiger charge is 2.21. The molecule has 0 saturated heterocycles. The molecule has 0 aromatic rings. The van der Waals surface area contributed by atoms with Gasteiger partial charge in [0.05, 0.1) is 13.0 Å². The molecule has 0 unspecified atom stereocenters. The molecule has 0 aliphatic carbocycles. The SMILES string of the molecule is CCOC(=S)N[C@@H](CC(=O)O)C(=O)O. The smallest absolute Gasteiger partial charge is 0.326 e. The molecule has 0 saturated carbocycles. The molecule has 0 aromatic heterocycles. The largest absolute Gasteiger partial charge is 0.481 e. The standard InChI is InChI=1S/C7H11NO5S/c1-2-13-7(14)8-4(6(11)12)3-5(9)10/h4H,2-3H2,1H3,(H,8,14)(H,9,10)(H,11,12)/t4-/m0/s1. The molecule has 80 valence electrons. The van der Waals surface area contributed by atoms with Crippen molar-refractivity contribution in [2.24, 2.45) is 0 Å². The highest BCUT2D eigenvalue weighted by atomic mass is 32.1. The Labute approximate surface area is 85.9 Å². The number of ether oxygens (including phenoxy) is 1. The van der Waals surface area contributed by atoms with Gasteiger partial charge in [0.2, 0.25) is 0 Å². The maximum absolute atomic E-state index is 10.5. The van der Waals surface area contributed by atoms with Crippen molar-refractivity contribution in [2.45, 2.75) is 19.4 Å². The number of rotatable bonds is 5. The van der Waals surface area contributed by atoms with Crippen molar-refractivity contribution in [3.05, 3.63) is 0 Å². The third-order valence-corrected chi connectivity index (χ3v) is 1.48. The fourth-order valence-electron chi connectivity index (χ4n) is 0.690. The van der Waals surface area contributed by atoms with E-state index in [9.17, 15) is 9.59 Å². The first-order chi connectivity index (χ1) is 6.47. The molecule has 0 aromatic carbocycles. The number of aliphatic carboxylic acids is 2. The van der Waals surface area contributed by atoms with E-state index in [1.807, 2.05) is 0 Å². The summed E-state index contributed by atoms with van der Waals surface area (Å²) in [5, 5.41) is 19.2. The summed E-state index contributed by atoms with van der Waals surface area (Å²) in [6.45, 7) is 1.98. The van der Waals surface area contributed by atoms with Crippen molar-refractivity contribution >= 4 is 29.3 Å². The predicted molar refractivity (Wildman–Crippen MR) is 51.0 cm³/mol. The minimum absolute atomic E-state index is 0.110. The summed E-state index contributed by atoms with van der Waals surface area (Å²) in [7, 11) is 0. The second-order valence-electron chi connectivity index (χ2n) is 2.35. The fourth-order valence-corrected chi connectivity index (χ4v) is 0.950. The van der Waals surface area contributed by atoms with Crippen LogP contribution < -0.4 is 5.32 Å². The first kappa shape index (κ1) is 12.6. The highest BCUT2D eigenvalue weighted by molar-refractivity contribution is 7.80. The van der Waals surface area contributed by atoms with Crippen LogP contribution in [0.2, 0.25) is 0 Å². The van der Waals surface area contributed by atoms with Crippen LogP contribution in [0, 0.1) is 0 Å². The Morgan fingerprint density at radius 2 is 2.07 bits per heavy atom. The molecule has 0 aliphatic heterocycles. The molecule has 0 amide bonds. The molecular formula is C7H11NO5S. The zero-order valence-corrected chi connectivity index (χ0v) is 8.34. The molecule has 6 nitrogen and oxygen atoms in total. The fraction of sp³-hybridized carbons (Fsp3) is 0.571. The Bertz CT molecular complexity index is 242. The lowest BCUT2D eigenvalue weighted by atomic mass is 10.2. The van der Waals surface area contributed by atoms with E-state index in [0.29, 0.717) is 6.61 Å². The third kappa shape index (κ3) is 5.31. The lowest BCUT2D eigenvalue weighted by molar-refractivity contribution is -0.145. The van der Waals surface area contributed by atoms with Gasteiger partial charge in [-0.15, -0.1) is 0 Å². The third-order valence-electron chi connectivity index (χ3n) is 1.24. The van der Waals surface area contributed by atoms with E-state index >= 15 is 0 Å². The Morgan fingerprint density at radius 1 is 1.50 bits per heavy atom. The number of thiocarbonyl (C=S) groups is 1. The van der Waals surface area contributed by atoms with Crippen LogP contribution in [-0.4, -0.2) is 40.0 Å². The lowest BCUT2D eigenvalue weighted by Crippen LogP contribution is -2.42. The monoisotopic (exact) mass is 221 g/mol. The van der Waals surface area contributed by atoms with Gasteiger partial charge in [0, 0.05) is 0 Å². The molecule has 7 heteroatoms. The van der Waals surface area contributed by atoms with Crippen LogP contribution in [0.25, 0.3) is 0 Å². The lowest BCUT2D eigenvalue weighted by Gasteiger charge is -2.13. The van der Waals surface area contributed by atoms with Crippen molar-refractivity contribution in [3.63, 3.8) is 0 Å². The Kier molecular flexibility index (Phi) is 5.54. The summed E-state index contributed by atoms with van der Waals surface area (Å²) in [4.78, 5) is 20.8. The predicted octanol–water partition coefficient (Wildman–Crippen LogP) is -0.175. The summed E-state index contributed by atoms with van der Waals surface area (Å²) >= 11 is 4.61. The summed E-state index contributed by atoms with van der Waals surface area (Å²) in [6, 6.07) is -1.26. The van der Waals surface area contributed by atoms with Gasteiger partial charge < -0.3 is 20.3 Å². The van der Waals surface area contributed by atoms with Crippen LogP contribution in [-0.2, 0) is 14.3 Å². The quantitative estimate of drug-likeness (QED) is 0.554. The van der Waals surface area contributed by atoms with E-state index in [4.69, 9.17) is 14.9 Å². The van der Waals surface area contributed by atoms with Crippen LogP contribution in [0.5, 0.6) is 0 Å². The van der Waals surface area contributed by atoms with Gasteiger partial charge in [-0.05, 0) is 19.1 Å². The van der Waals surface area contributed by atoms with E-state index < -0.39 is 24.4 Å². The molecule has 0 radical (unpaired) electrons. The molecule has 1 atom stereocenters. The molecule has 0 rings (SSSR count). The minimum atomic E-state index is -1.28. The molecule has 0 heterocycles. The zero-order chi connectivity index (χ0) is 11.1. The van der Waals surface area contributed by atoms with Gasteiger partial charge in [0.15, 0.2) is 0 Å². The van der Waals surface area contributed by atoms with Crippen LogP contribution in [0.1, 0.15) is 13.3 Å². The van der Waals surface area contributed by atoms with Crippen LogP contribution >= 0.6 is 12.2 Å². The average Bonchev–Trinajstić information content (AvgIpc) is 2.02. The number of carboxylic acid groups (broad SMARTS) is 2. The molecule has 0 aliphatic rings. The maximum Gasteiger partial charge on any atom is 0.326 e. The number of carbonyl (C=O) groups is 2. The van der Waals surface area contributed by atoms with Crippen molar-refractivity contribution in [1.29, 1.82) is 0 Å². The van der Waals surface area contributed by atoms with Crippen molar-refractivity contribution < 1.29 is 24.5 Å². The number of carboxylic acids is 2. The van der Waals surface area contributed by atoms with E-state index in [-0.39, 0.29) is 5.17 Å². The van der Waals surface area contributed by atoms with Crippen molar-refractivity contribution in [3.8, 4) is 0 Å². The molecule has 3 N–H and O–H groups in total. The summed E-state index contributed by atoms with van der Waals surface area (Å²) in [6.07, 6.45) is -0.553. The van der Waals surface area contributed by atoms with Gasteiger partial charge >= 0.3 is 11.9 Å². The number of nitrogens with one attached hydrogen (secondary N) is 1. The van der Waals surface area contributed by atoms with Crippen molar-refractivity contribution in [1.82, 2.24) is 5.32 Å². The van der Waals surface area contributed by atoms with E-state index in [1.165, 1.54) is 0 Å². The summed E-state index contributed by atoms with van der Waals surface area (Å²) in [5.74, 6) is -2.50. The van der Waals surface area contributed by atoms with Crippen molar-refractivity contribution in [2.75, 3.05) is 6.61 Å². The maximum atomic E-state index is 10.5. The normalized spacial score (nSPS) is 11.5. The molecule has 0 bridgehead atoms. The summed E-state index contributed by atoms with van der Waals surface area (Å²) in [5.41, 5.74) is 0. The van der Waals surface area contributed by atoms with Gasteiger partial charge in [-0.2, -0.15) is 0 Å². The van der Waals surface area contributed by atoms with Crippen LogP contribution in [0.15, 0.2) is 0 Å².